The first-order valence-electron chi connectivity index (χ1n) is 5.28. The second-order valence-corrected chi connectivity index (χ2v) is 3.66. The van der Waals surface area contributed by atoms with E-state index in [9.17, 15) is 8.78 Å². The van der Waals surface area contributed by atoms with Crippen LogP contribution in [0.25, 0.3) is 0 Å². The number of hydrogen-bond donors (Lipinski definition) is 0. The molecule has 0 aliphatic rings. The van der Waals surface area contributed by atoms with Gasteiger partial charge >= 0.3 is 0 Å². The molecule has 0 aliphatic heterocycles. The molecule has 0 heterocycles. The SMILES string of the molecule is N#CCc1ccc(F)c(Oc2cccc(F)c2)c1. The summed E-state index contributed by atoms with van der Waals surface area (Å²) in [5.41, 5.74) is 0.644. The van der Waals surface area contributed by atoms with Crippen molar-refractivity contribution in [1.82, 2.24) is 0 Å². The van der Waals surface area contributed by atoms with E-state index in [1.54, 1.807) is 0 Å². The maximum absolute atomic E-state index is 13.5. The van der Waals surface area contributed by atoms with Crippen molar-refractivity contribution in [2.45, 2.75) is 6.42 Å². The standard InChI is InChI=1S/C14H9F2NO/c15-11-2-1-3-12(9-11)18-14-8-10(6-7-17)4-5-13(14)16/h1-5,8-9H,6H2. The predicted octanol–water partition coefficient (Wildman–Crippen LogP) is 3.82. The van der Waals surface area contributed by atoms with Crippen molar-refractivity contribution in [2.75, 3.05) is 0 Å². The van der Waals surface area contributed by atoms with Crippen molar-refractivity contribution in [3.63, 3.8) is 0 Å². The largest absolute Gasteiger partial charge is 0.454 e. The monoisotopic (exact) mass is 245 g/mol. The molecule has 90 valence electrons. The van der Waals surface area contributed by atoms with Crippen molar-refractivity contribution in [2.24, 2.45) is 0 Å². The number of ether oxygens (including phenoxy) is 1. The van der Waals surface area contributed by atoms with Crippen LogP contribution < -0.4 is 4.74 Å². The van der Waals surface area contributed by atoms with Crippen LogP contribution in [0.1, 0.15) is 5.56 Å². The minimum Gasteiger partial charge on any atom is -0.454 e. The fourth-order valence-electron chi connectivity index (χ4n) is 1.48. The van der Waals surface area contributed by atoms with Gasteiger partial charge in [0.25, 0.3) is 0 Å². The fraction of sp³-hybridized carbons (Fsp3) is 0.0714. The average molecular weight is 245 g/mol. The van der Waals surface area contributed by atoms with Crippen LogP contribution >= 0.6 is 0 Å². The van der Waals surface area contributed by atoms with E-state index in [1.807, 2.05) is 6.07 Å². The number of halogens is 2. The second-order valence-electron chi connectivity index (χ2n) is 3.66. The summed E-state index contributed by atoms with van der Waals surface area (Å²) in [6.07, 6.45) is 0.166. The van der Waals surface area contributed by atoms with Crippen molar-refractivity contribution in [3.05, 3.63) is 59.7 Å². The van der Waals surface area contributed by atoms with Gasteiger partial charge in [0.15, 0.2) is 11.6 Å². The number of nitriles is 1. The van der Waals surface area contributed by atoms with E-state index in [0.29, 0.717) is 5.56 Å². The zero-order valence-corrected chi connectivity index (χ0v) is 9.36. The summed E-state index contributed by atoms with van der Waals surface area (Å²) in [7, 11) is 0. The molecule has 2 aromatic rings. The van der Waals surface area contributed by atoms with Crippen LogP contribution in [0, 0.1) is 23.0 Å². The third-order valence-electron chi connectivity index (χ3n) is 2.30. The minimum atomic E-state index is -0.555. The molecule has 18 heavy (non-hydrogen) atoms. The summed E-state index contributed by atoms with van der Waals surface area (Å²) in [4.78, 5) is 0. The Kier molecular flexibility index (Phi) is 3.54. The summed E-state index contributed by atoms with van der Waals surface area (Å²) in [5, 5.41) is 8.57. The number of benzene rings is 2. The van der Waals surface area contributed by atoms with Crippen LogP contribution in [-0.4, -0.2) is 0 Å². The van der Waals surface area contributed by atoms with Crippen LogP contribution in [-0.2, 0) is 6.42 Å². The molecule has 2 nitrogen and oxygen atoms in total. The molecular formula is C14H9F2NO. The first kappa shape index (κ1) is 12.1. The van der Waals surface area contributed by atoms with Gasteiger partial charge in [-0.05, 0) is 29.8 Å². The highest BCUT2D eigenvalue weighted by atomic mass is 19.1. The maximum atomic E-state index is 13.5. The first-order valence-corrected chi connectivity index (χ1v) is 5.28. The van der Waals surface area contributed by atoms with Gasteiger partial charge in [0.2, 0.25) is 0 Å². The Morgan fingerprint density at radius 1 is 1.11 bits per heavy atom. The lowest BCUT2D eigenvalue weighted by Crippen LogP contribution is -1.91. The van der Waals surface area contributed by atoms with E-state index in [1.165, 1.54) is 36.4 Å². The Bertz CT molecular complexity index is 605. The predicted molar refractivity (Wildman–Crippen MR) is 62.2 cm³/mol. The topological polar surface area (TPSA) is 33.0 Å². The molecule has 0 fully saturated rings. The highest BCUT2D eigenvalue weighted by Gasteiger charge is 2.06. The van der Waals surface area contributed by atoms with Crippen LogP contribution in [0.15, 0.2) is 42.5 Å². The Hall–Kier alpha value is -2.41. The van der Waals surface area contributed by atoms with Gasteiger partial charge in [0, 0.05) is 6.07 Å². The van der Waals surface area contributed by atoms with Crippen LogP contribution in [0.2, 0.25) is 0 Å². The van der Waals surface area contributed by atoms with Gasteiger partial charge in [-0.15, -0.1) is 0 Å². The van der Waals surface area contributed by atoms with Crippen molar-refractivity contribution in [1.29, 1.82) is 5.26 Å². The van der Waals surface area contributed by atoms with Gasteiger partial charge in [0.1, 0.15) is 11.6 Å². The van der Waals surface area contributed by atoms with Gasteiger partial charge < -0.3 is 4.74 Å². The molecule has 0 amide bonds. The maximum Gasteiger partial charge on any atom is 0.165 e. The molecule has 0 saturated carbocycles. The van der Waals surface area contributed by atoms with Gasteiger partial charge in [-0.2, -0.15) is 5.26 Å². The molecule has 0 bridgehead atoms. The lowest BCUT2D eigenvalue weighted by molar-refractivity contribution is 0.438. The Balaban J connectivity index is 2.28. The van der Waals surface area contributed by atoms with Gasteiger partial charge in [0.05, 0.1) is 12.5 Å². The first-order chi connectivity index (χ1) is 8.69. The van der Waals surface area contributed by atoms with Gasteiger partial charge in [-0.1, -0.05) is 12.1 Å². The lowest BCUT2D eigenvalue weighted by atomic mass is 10.1. The molecule has 0 saturated heterocycles. The number of rotatable bonds is 3. The normalized spacial score (nSPS) is 9.83. The molecule has 0 radical (unpaired) electrons. The van der Waals surface area contributed by atoms with E-state index in [0.717, 1.165) is 6.07 Å². The third kappa shape index (κ3) is 2.83. The van der Waals surface area contributed by atoms with Gasteiger partial charge in [-0.3, -0.25) is 0 Å². The summed E-state index contributed by atoms with van der Waals surface area (Å²) >= 11 is 0. The average Bonchev–Trinajstić information content (AvgIpc) is 2.34. The zero-order chi connectivity index (χ0) is 13.0. The number of hydrogen-bond acceptors (Lipinski definition) is 2. The molecule has 0 atom stereocenters. The van der Waals surface area contributed by atoms with Crippen molar-refractivity contribution in [3.8, 4) is 17.6 Å². The molecular weight excluding hydrogens is 236 g/mol. The molecule has 0 N–H and O–H groups in total. The molecule has 0 aliphatic carbocycles. The molecule has 0 aromatic heterocycles. The Morgan fingerprint density at radius 2 is 1.94 bits per heavy atom. The Labute approximate surface area is 103 Å². The molecule has 2 aromatic carbocycles. The number of nitrogens with zero attached hydrogens (tertiary/aromatic N) is 1. The summed E-state index contributed by atoms with van der Waals surface area (Å²) in [5.74, 6) is -0.821. The van der Waals surface area contributed by atoms with Crippen LogP contribution in [0.3, 0.4) is 0 Å². The van der Waals surface area contributed by atoms with Gasteiger partial charge in [-0.25, -0.2) is 8.78 Å². The highest BCUT2D eigenvalue weighted by molar-refractivity contribution is 5.36. The molecule has 0 unspecified atom stereocenters. The van der Waals surface area contributed by atoms with E-state index in [4.69, 9.17) is 10.00 Å². The van der Waals surface area contributed by atoms with Crippen LogP contribution in [0.5, 0.6) is 11.5 Å². The molecule has 2 rings (SSSR count). The lowest BCUT2D eigenvalue weighted by Gasteiger charge is -2.07. The van der Waals surface area contributed by atoms with E-state index in [-0.39, 0.29) is 17.9 Å². The van der Waals surface area contributed by atoms with E-state index in [2.05, 4.69) is 0 Å². The van der Waals surface area contributed by atoms with E-state index < -0.39 is 11.6 Å². The van der Waals surface area contributed by atoms with Crippen LogP contribution in [0.4, 0.5) is 8.78 Å². The zero-order valence-electron chi connectivity index (χ0n) is 9.36. The third-order valence-corrected chi connectivity index (χ3v) is 2.30. The highest BCUT2D eigenvalue weighted by Crippen LogP contribution is 2.26. The fourth-order valence-corrected chi connectivity index (χ4v) is 1.48. The van der Waals surface area contributed by atoms with Crippen molar-refractivity contribution < 1.29 is 13.5 Å². The summed E-state index contributed by atoms with van der Waals surface area (Å²) in [6.45, 7) is 0. The van der Waals surface area contributed by atoms with Crippen molar-refractivity contribution >= 4 is 0 Å². The quantitative estimate of drug-likeness (QED) is 0.823. The summed E-state index contributed by atoms with van der Waals surface area (Å²) in [6, 6.07) is 11.6. The summed E-state index contributed by atoms with van der Waals surface area (Å²) < 4.78 is 31.7. The smallest absolute Gasteiger partial charge is 0.165 e. The molecule has 4 heteroatoms. The Morgan fingerprint density at radius 3 is 2.67 bits per heavy atom. The minimum absolute atomic E-state index is 0.0200. The molecule has 0 spiro atoms. The second kappa shape index (κ2) is 5.28. The van der Waals surface area contributed by atoms with E-state index >= 15 is 0 Å².